The minimum absolute atomic E-state index is 0.0716. The SMILES string of the molecule is [C-]#[N+]c1cnc2[nH]ccc2c1N(C)C1CN(C(=O)NCC(F)(F)F)C[C@H]1CC. The molecule has 2 amide bonds. The number of likely N-dealkylation sites (N-methyl/N-ethyl adjacent to an activating group) is 1. The summed E-state index contributed by atoms with van der Waals surface area (Å²) in [6.07, 6.45) is -0.448. The zero-order valence-corrected chi connectivity index (χ0v) is 15.5. The highest BCUT2D eigenvalue weighted by molar-refractivity contribution is 5.97. The van der Waals surface area contributed by atoms with Crippen molar-refractivity contribution in [1.82, 2.24) is 20.2 Å². The summed E-state index contributed by atoms with van der Waals surface area (Å²) in [7, 11) is 1.85. The molecule has 1 saturated heterocycles. The molecule has 2 N–H and O–H groups in total. The third-order valence-electron chi connectivity index (χ3n) is 5.17. The molecule has 0 bridgehead atoms. The first-order valence-electron chi connectivity index (χ1n) is 8.91. The predicted molar refractivity (Wildman–Crippen MR) is 99.4 cm³/mol. The Labute approximate surface area is 160 Å². The molecule has 3 heterocycles. The molecule has 0 aliphatic carbocycles. The minimum atomic E-state index is -4.45. The van der Waals surface area contributed by atoms with E-state index in [0.717, 1.165) is 11.8 Å². The smallest absolute Gasteiger partial charge is 0.378 e. The van der Waals surface area contributed by atoms with E-state index in [1.54, 1.807) is 6.20 Å². The molecule has 2 atom stereocenters. The van der Waals surface area contributed by atoms with E-state index in [0.29, 0.717) is 23.6 Å². The zero-order chi connectivity index (χ0) is 20.5. The number of amides is 2. The van der Waals surface area contributed by atoms with Gasteiger partial charge in [0.05, 0.1) is 12.3 Å². The lowest BCUT2D eigenvalue weighted by molar-refractivity contribution is -0.123. The van der Waals surface area contributed by atoms with Crippen molar-refractivity contribution >= 4 is 28.4 Å². The van der Waals surface area contributed by atoms with Crippen LogP contribution < -0.4 is 10.2 Å². The van der Waals surface area contributed by atoms with Crippen molar-refractivity contribution in [2.75, 3.05) is 31.6 Å². The lowest BCUT2D eigenvalue weighted by Crippen LogP contribution is -2.44. The van der Waals surface area contributed by atoms with Gasteiger partial charge < -0.3 is 20.1 Å². The fraction of sp³-hybridized carbons (Fsp3) is 0.500. The highest BCUT2D eigenvalue weighted by Gasteiger charge is 2.38. The van der Waals surface area contributed by atoms with Gasteiger partial charge >= 0.3 is 12.2 Å². The number of halogens is 3. The Kier molecular flexibility index (Phi) is 5.36. The van der Waals surface area contributed by atoms with Crippen LogP contribution in [0.1, 0.15) is 13.3 Å². The average molecular weight is 394 g/mol. The highest BCUT2D eigenvalue weighted by Crippen LogP contribution is 2.38. The Morgan fingerprint density at radius 1 is 1.50 bits per heavy atom. The zero-order valence-electron chi connectivity index (χ0n) is 15.5. The van der Waals surface area contributed by atoms with Crippen LogP contribution in [-0.2, 0) is 0 Å². The first-order chi connectivity index (χ1) is 13.2. The summed E-state index contributed by atoms with van der Waals surface area (Å²) in [6, 6.07) is 0.994. The van der Waals surface area contributed by atoms with Crippen LogP contribution in [0.2, 0.25) is 0 Å². The number of carbonyl (C=O) groups is 1. The van der Waals surface area contributed by atoms with Crippen molar-refractivity contribution < 1.29 is 18.0 Å². The van der Waals surface area contributed by atoms with E-state index < -0.39 is 18.8 Å². The van der Waals surface area contributed by atoms with Crippen molar-refractivity contribution in [3.05, 3.63) is 29.9 Å². The van der Waals surface area contributed by atoms with Gasteiger partial charge in [-0.3, -0.25) is 4.98 Å². The third-order valence-corrected chi connectivity index (χ3v) is 5.17. The number of aromatic amines is 1. The Hall–Kier alpha value is -2.96. The molecule has 1 aliphatic heterocycles. The molecule has 2 aromatic heterocycles. The fourth-order valence-corrected chi connectivity index (χ4v) is 3.75. The quantitative estimate of drug-likeness (QED) is 0.780. The predicted octanol–water partition coefficient (Wildman–Crippen LogP) is 3.53. The van der Waals surface area contributed by atoms with Gasteiger partial charge in [0, 0.05) is 44.0 Å². The topological polar surface area (TPSA) is 68.6 Å². The van der Waals surface area contributed by atoms with Gasteiger partial charge in [0.2, 0.25) is 5.69 Å². The number of likely N-dealkylation sites (tertiary alicyclic amines) is 1. The van der Waals surface area contributed by atoms with Gasteiger partial charge in [-0.15, -0.1) is 0 Å². The number of alkyl halides is 3. The van der Waals surface area contributed by atoms with E-state index in [-0.39, 0.29) is 18.5 Å². The molecule has 0 radical (unpaired) electrons. The van der Waals surface area contributed by atoms with Gasteiger partial charge in [-0.25, -0.2) is 9.64 Å². The molecule has 1 unspecified atom stereocenters. The van der Waals surface area contributed by atoms with Crippen molar-refractivity contribution in [2.24, 2.45) is 5.92 Å². The van der Waals surface area contributed by atoms with Crippen LogP contribution in [0.3, 0.4) is 0 Å². The Morgan fingerprint density at radius 3 is 2.89 bits per heavy atom. The number of carbonyl (C=O) groups excluding carboxylic acids is 1. The molecule has 10 heteroatoms. The number of aromatic nitrogens is 2. The molecular weight excluding hydrogens is 373 g/mol. The number of urea groups is 1. The maximum Gasteiger partial charge on any atom is 0.405 e. The van der Waals surface area contributed by atoms with Crippen LogP contribution in [0, 0.1) is 12.5 Å². The standard InChI is InChI=1S/C18H21F3N6O/c1-4-11-8-27(17(28)25-10-18(19,20)21)9-14(11)26(3)15-12-5-6-23-16(12)24-7-13(15)22-2/h5-7,11,14H,4,8-10H2,1,3H3,(H,23,24)(H,25,28)/t11-,14?/m1/s1. The Balaban J connectivity index is 1.84. The molecule has 0 spiro atoms. The number of anilines is 1. The largest absolute Gasteiger partial charge is 0.405 e. The van der Waals surface area contributed by atoms with Gasteiger partial charge in [0.1, 0.15) is 12.2 Å². The average Bonchev–Trinajstić information content (AvgIpc) is 3.30. The van der Waals surface area contributed by atoms with Gasteiger partial charge in [0.15, 0.2) is 0 Å². The van der Waals surface area contributed by atoms with E-state index in [4.69, 9.17) is 6.57 Å². The van der Waals surface area contributed by atoms with Gasteiger partial charge in [-0.05, 0) is 18.4 Å². The summed E-state index contributed by atoms with van der Waals surface area (Å²) < 4.78 is 37.2. The second-order valence-electron chi connectivity index (χ2n) is 6.87. The second-order valence-corrected chi connectivity index (χ2v) is 6.87. The monoisotopic (exact) mass is 394 g/mol. The van der Waals surface area contributed by atoms with Crippen molar-refractivity contribution in [1.29, 1.82) is 0 Å². The van der Waals surface area contributed by atoms with Crippen LogP contribution in [0.4, 0.5) is 29.3 Å². The fourth-order valence-electron chi connectivity index (χ4n) is 3.75. The number of hydrogen-bond acceptors (Lipinski definition) is 3. The number of rotatable bonds is 4. The normalized spacial score (nSPS) is 19.6. The van der Waals surface area contributed by atoms with E-state index >= 15 is 0 Å². The maximum absolute atomic E-state index is 12.4. The van der Waals surface area contributed by atoms with Crippen LogP contribution in [0.25, 0.3) is 15.9 Å². The number of fused-ring (bicyclic) bond motifs is 1. The van der Waals surface area contributed by atoms with Crippen LogP contribution in [0.5, 0.6) is 0 Å². The summed E-state index contributed by atoms with van der Waals surface area (Å²) in [6.45, 7) is 8.74. The number of hydrogen-bond donors (Lipinski definition) is 2. The van der Waals surface area contributed by atoms with E-state index in [1.807, 2.05) is 30.3 Å². The molecule has 1 aliphatic rings. The maximum atomic E-state index is 12.4. The molecular formula is C18H21F3N6O. The van der Waals surface area contributed by atoms with Crippen LogP contribution in [0.15, 0.2) is 18.5 Å². The number of pyridine rings is 1. The van der Waals surface area contributed by atoms with Crippen molar-refractivity contribution in [3.8, 4) is 0 Å². The third kappa shape index (κ3) is 3.83. The molecule has 0 saturated carbocycles. The van der Waals surface area contributed by atoms with Gasteiger partial charge in [-0.1, -0.05) is 6.92 Å². The second kappa shape index (κ2) is 7.58. The number of nitrogens with one attached hydrogen (secondary N) is 2. The molecule has 3 rings (SSSR count). The molecule has 7 nitrogen and oxygen atoms in total. The van der Waals surface area contributed by atoms with E-state index in [1.165, 1.54) is 11.1 Å². The van der Waals surface area contributed by atoms with E-state index in [9.17, 15) is 18.0 Å². The van der Waals surface area contributed by atoms with Gasteiger partial charge in [-0.2, -0.15) is 13.2 Å². The molecule has 2 aromatic rings. The van der Waals surface area contributed by atoms with Crippen LogP contribution in [-0.4, -0.2) is 59.8 Å². The molecule has 150 valence electrons. The number of H-pyrrole nitrogens is 1. The minimum Gasteiger partial charge on any atom is -0.378 e. The first-order valence-corrected chi connectivity index (χ1v) is 8.91. The molecule has 28 heavy (non-hydrogen) atoms. The Bertz CT molecular complexity index is 903. The summed E-state index contributed by atoms with van der Waals surface area (Å²) in [5.41, 5.74) is 1.76. The lowest BCUT2D eigenvalue weighted by Gasteiger charge is -2.31. The lowest BCUT2D eigenvalue weighted by atomic mass is 9.99. The van der Waals surface area contributed by atoms with Crippen molar-refractivity contribution in [2.45, 2.75) is 25.6 Å². The first kappa shape index (κ1) is 19.8. The summed E-state index contributed by atoms with van der Waals surface area (Å²) >= 11 is 0. The number of nitrogens with zero attached hydrogens (tertiary/aromatic N) is 4. The summed E-state index contributed by atoms with van der Waals surface area (Å²) in [5, 5.41) is 2.73. The highest BCUT2D eigenvalue weighted by atomic mass is 19.4. The summed E-state index contributed by atoms with van der Waals surface area (Å²) in [4.78, 5) is 26.4. The molecule has 1 fully saturated rings. The summed E-state index contributed by atoms with van der Waals surface area (Å²) in [5.74, 6) is 0.0716. The van der Waals surface area contributed by atoms with Crippen LogP contribution >= 0.6 is 0 Å². The Morgan fingerprint density at radius 2 is 2.25 bits per heavy atom. The molecule has 0 aromatic carbocycles. The van der Waals surface area contributed by atoms with E-state index in [2.05, 4.69) is 14.8 Å². The van der Waals surface area contributed by atoms with Crippen molar-refractivity contribution in [3.63, 3.8) is 0 Å². The van der Waals surface area contributed by atoms with Gasteiger partial charge in [0.25, 0.3) is 0 Å².